The minimum absolute atomic E-state index is 0.0871. The smallest absolute Gasteiger partial charge is 0.192 e. The second-order valence-corrected chi connectivity index (χ2v) is 4.19. The van der Waals surface area contributed by atoms with Gasteiger partial charge in [0.15, 0.2) is 5.78 Å². The lowest BCUT2D eigenvalue weighted by molar-refractivity contribution is 0.0983. The van der Waals surface area contributed by atoms with Crippen LogP contribution in [-0.2, 0) is 0 Å². The van der Waals surface area contributed by atoms with Gasteiger partial charge in [-0.05, 0) is 10.5 Å². The summed E-state index contributed by atoms with van der Waals surface area (Å²) in [6.45, 7) is 1.99. The molecule has 1 rings (SSSR count). The fraction of sp³-hybridized carbons (Fsp3) is 0.308. The molecule has 1 aromatic rings. The first-order valence-corrected chi connectivity index (χ1v) is 6.53. The number of ketones is 1. The van der Waals surface area contributed by atoms with E-state index in [2.05, 4.69) is 0 Å². The Morgan fingerprint density at radius 2 is 2.06 bits per heavy atom. The van der Waals surface area contributed by atoms with Crippen LogP contribution in [0.4, 0.5) is 0 Å². The van der Waals surface area contributed by atoms with Crippen LogP contribution in [0, 0.1) is 0 Å². The molecule has 0 radical (unpaired) electrons. The molecule has 86 valence electrons. The number of carbonyl (C=O) groups excluding carboxylic acids is 1. The predicted molar refractivity (Wildman–Crippen MR) is 73.8 cm³/mol. The van der Waals surface area contributed by atoms with Gasteiger partial charge in [0.2, 0.25) is 0 Å². The van der Waals surface area contributed by atoms with Gasteiger partial charge in [-0.1, -0.05) is 66.3 Å². The Kier molecular flexibility index (Phi) is 5.69. The van der Waals surface area contributed by atoms with E-state index in [0.717, 1.165) is 6.42 Å². The summed E-state index contributed by atoms with van der Waals surface area (Å²) in [5, 5.41) is 9.85. The zero-order valence-electron chi connectivity index (χ0n) is 9.19. The minimum Gasteiger partial charge on any atom is -0.388 e. The summed E-state index contributed by atoms with van der Waals surface area (Å²) < 4.78 is 1.67. The van der Waals surface area contributed by atoms with Gasteiger partial charge in [0.1, 0.15) is 0 Å². The number of hydrogen-bond acceptors (Lipinski definition) is 2. The third kappa shape index (κ3) is 3.42. The van der Waals surface area contributed by atoms with E-state index >= 15 is 0 Å². The number of rotatable bonds is 5. The highest BCUT2D eigenvalue weighted by molar-refractivity contribution is 14.1. The second-order valence-electron chi connectivity index (χ2n) is 3.56. The van der Waals surface area contributed by atoms with Crippen LogP contribution in [-0.4, -0.2) is 17.0 Å². The Balaban J connectivity index is 2.87. The van der Waals surface area contributed by atoms with Gasteiger partial charge in [-0.2, -0.15) is 0 Å². The van der Waals surface area contributed by atoms with Gasteiger partial charge in [-0.3, -0.25) is 4.79 Å². The first-order chi connectivity index (χ1) is 7.70. The van der Waals surface area contributed by atoms with E-state index < -0.39 is 6.10 Å². The summed E-state index contributed by atoms with van der Waals surface area (Å²) in [5.74, 6) is -0.0871. The van der Waals surface area contributed by atoms with Crippen LogP contribution in [0.25, 0.3) is 0 Å². The molecule has 0 saturated heterocycles. The van der Waals surface area contributed by atoms with E-state index in [-0.39, 0.29) is 5.78 Å². The molecule has 0 aliphatic carbocycles. The Morgan fingerprint density at radius 3 is 2.56 bits per heavy atom. The first-order valence-electron chi connectivity index (χ1n) is 5.28. The lowest BCUT2D eigenvalue weighted by Crippen LogP contribution is -2.17. The molecule has 0 amide bonds. The molecule has 0 bridgehead atoms. The quantitative estimate of drug-likeness (QED) is 0.511. The summed E-state index contributed by atoms with van der Waals surface area (Å²) >= 11 is 2.00. The van der Waals surface area contributed by atoms with Crippen molar-refractivity contribution in [2.24, 2.45) is 0 Å². The van der Waals surface area contributed by atoms with Crippen molar-refractivity contribution in [1.82, 2.24) is 0 Å². The second kappa shape index (κ2) is 6.81. The maximum absolute atomic E-state index is 12.1. The highest BCUT2D eigenvalue weighted by atomic mass is 127. The molecule has 0 spiro atoms. The largest absolute Gasteiger partial charge is 0.388 e. The van der Waals surface area contributed by atoms with Crippen molar-refractivity contribution in [3.63, 3.8) is 0 Å². The third-order valence-electron chi connectivity index (χ3n) is 2.34. The molecule has 16 heavy (non-hydrogen) atoms. The Bertz CT molecular complexity index is 371. The van der Waals surface area contributed by atoms with Crippen LogP contribution in [0.2, 0.25) is 0 Å². The van der Waals surface area contributed by atoms with Gasteiger partial charge < -0.3 is 5.11 Å². The maximum atomic E-state index is 12.1. The minimum atomic E-state index is -0.658. The van der Waals surface area contributed by atoms with Gasteiger partial charge in [-0.25, -0.2) is 0 Å². The van der Waals surface area contributed by atoms with Crippen molar-refractivity contribution in [3.8, 4) is 0 Å². The van der Waals surface area contributed by atoms with Crippen molar-refractivity contribution >= 4 is 28.4 Å². The Morgan fingerprint density at radius 1 is 1.44 bits per heavy atom. The van der Waals surface area contributed by atoms with Crippen molar-refractivity contribution in [3.05, 3.63) is 45.6 Å². The highest BCUT2D eigenvalue weighted by Crippen LogP contribution is 2.17. The molecule has 2 nitrogen and oxygen atoms in total. The van der Waals surface area contributed by atoms with Crippen LogP contribution in [0.15, 0.2) is 40.0 Å². The van der Waals surface area contributed by atoms with Gasteiger partial charge in [0.25, 0.3) is 0 Å². The van der Waals surface area contributed by atoms with E-state index in [1.165, 1.54) is 0 Å². The fourth-order valence-corrected chi connectivity index (χ4v) is 2.16. The lowest BCUT2D eigenvalue weighted by Gasteiger charge is -2.12. The van der Waals surface area contributed by atoms with E-state index in [9.17, 15) is 9.90 Å². The predicted octanol–water partition coefficient (Wildman–Crippen LogP) is 3.35. The van der Waals surface area contributed by atoms with Crippen molar-refractivity contribution in [2.75, 3.05) is 0 Å². The van der Waals surface area contributed by atoms with Crippen LogP contribution in [0.5, 0.6) is 0 Å². The van der Waals surface area contributed by atoms with Crippen molar-refractivity contribution in [2.45, 2.75) is 25.9 Å². The molecule has 0 unspecified atom stereocenters. The zero-order valence-corrected chi connectivity index (χ0v) is 11.3. The molecule has 1 atom stereocenters. The number of Topliss-reactive ketones (excluding diaryl/α,β-unsaturated/α-hetero) is 1. The number of benzene rings is 1. The monoisotopic (exact) mass is 330 g/mol. The highest BCUT2D eigenvalue weighted by Gasteiger charge is 2.18. The average molecular weight is 330 g/mol. The summed E-state index contributed by atoms with van der Waals surface area (Å²) in [5.41, 5.74) is 1.11. The number of carbonyl (C=O) groups is 1. The Labute approximate surface area is 110 Å². The maximum Gasteiger partial charge on any atom is 0.192 e. The molecule has 1 aromatic carbocycles. The summed E-state index contributed by atoms with van der Waals surface area (Å²) in [6.07, 6.45) is 0.819. The van der Waals surface area contributed by atoms with Gasteiger partial charge in [0, 0.05) is 11.1 Å². The zero-order chi connectivity index (χ0) is 12.0. The van der Waals surface area contributed by atoms with E-state index in [4.69, 9.17) is 0 Å². The number of hydrogen-bond donors (Lipinski definition) is 1. The van der Waals surface area contributed by atoms with E-state index in [1.54, 1.807) is 16.2 Å². The van der Waals surface area contributed by atoms with E-state index in [1.807, 2.05) is 47.7 Å². The van der Waals surface area contributed by atoms with Crippen LogP contribution < -0.4 is 0 Å². The SMILES string of the molecule is CCC[C@H](O)/C(=C/I)C(=O)c1ccccc1. The lowest BCUT2D eigenvalue weighted by atomic mass is 9.98. The van der Waals surface area contributed by atoms with Crippen molar-refractivity contribution in [1.29, 1.82) is 0 Å². The summed E-state index contributed by atoms with van der Waals surface area (Å²) in [6, 6.07) is 9.05. The molecular formula is C13H15IO2. The number of halogens is 1. The normalized spacial score (nSPS) is 13.6. The summed E-state index contributed by atoms with van der Waals surface area (Å²) in [7, 11) is 0. The van der Waals surface area contributed by atoms with Gasteiger partial charge in [-0.15, -0.1) is 0 Å². The molecule has 0 fully saturated rings. The molecule has 0 saturated carbocycles. The topological polar surface area (TPSA) is 37.3 Å². The van der Waals surface area contributed by atoms with Crippen LogP contribution in [0.1, 0.15) is 30.1 Å². The molecule has 3 heteroatoms. The number of aliphatic hydroxyl groups is 1. The molecule has 0 aromatic heterocycles. The standard InChI is InChI=1S/C13H15IO2/c1-2-6-12(15)11(9-14)13(16)10-7-4-3-5-8-10/h3-5,7-9,12,15H,2,6H2,1H3/b11-9-/t12-/m0/s1. The van der Waals surface area contributed by atoms with Crippen LogP contribution >= 0.6 is 22.6 Å². The van der Waals surface area contributed by atoms with Gasteiger partial charge >= 0.3 is 0 Å². The molecule has 0 heterocycles. The molecular weight excluding hydrogens is 315 g/mol. The first kappa shape index (κ1) is 13.4. The van der Waals surface area contributed by atoms with Crippen LogP contribution in [0.3, 0.4) is 0 Å². The molecule has 0 aliphatic heterocycles. The fourth-order valence-electron chi connectivity index (χ4n) is 1.46. The van der Waals surface area contributed by atoms with Crippen molar-refractivity contribution < 1.29 is 9.90 Å². The average Bonchev–Trinajstić information content (AvgIpc) is 2.31. The molecule has 0 aliphatic rings. The molecule has 1 N–H and O–H groups in total. The summed E-state index contributed by atoms with van der Waals surface area (Å²) in [4.78, 5) is 12.1. The van der Waals surface area contributed by atoms with Gasteiger partial charge in [0.05, 0.1) is 6.10 Å². The third-order valence-corrected chi connectivity index (χ3v) is 3.01. The Hall–Kier alpha value is -0.680. The van der Waals surface area contributed by atoms with E-state index in [0.29, 0.717) is 17.6 Å². The number of aliphatic hydroxyl groups excluding tert-OH is 1.